The van der Waals surface area contributed by atoms with Gasteiger partial charge in [0.15, 0.2) is 5.75 Å². The molecule has 18 heavy (non-hydrogen) atoms. The SMILES string of the molecule is CC1CCCCC1NC(=O)c1cccc(N)c1O. The Morgan fingerprint density at radius 1 is 1.39 bits per heavy atom. The average Bonchev–Trinajstić information content (AvgIpc) is 2.35. The minimum absolute atomic E-state index is 0.126. The molecule has 2 rings (SSSR count). The van der Waals surface area contributed by atoms with Crippen LogP contribution in [0.5, 0.6) is 5.75 Å². The number of benzene rings is 1. The van der Waals surface area contributed by atoms with Crippen LogP contribution in [0.1, 0.15) is 43.0 Å². The highest BCUT2D eigenvalue weighted by molar-refractivity contribution is 5.98. The zero-order chi connectivity index (χ0) is 13.1. The van der Waals surface area contributed by atoms with Gasteiger partial charge >= 0.3 is 0 Å². The highest BCUT2D eigenvalue weighted by atomic mass is 16.3. The fraction of sp³-hybridized carbons (Fsp3) is 0.500. The van der Waals surface area contributed by atoms with Gasteiger partial charge in [0.1, 0.15) is 0 Å². The summed E-state index contributed by atoms with van der Waals surface area (Å²) in [6.45, 7) is 2.16. The monoisotopic (exact) mass is 248 g/mol. The number of carbonyl (C=O) groups is 1. The standard InChI is InChI=1S/C14H20N2O2/c1-9-5-2-3-8-12(9)16-14(18)10-6-4-7-11(15)13(10)17/h4,6-7,9,12,17H,2-3,5,8,15H2,1H3,(H,16,18). The molecule has 2 atom stereocenters. The molecule has 4 heteroatoms. The number of hydrogen-bond donors (Lipinski definition) is 3. The maximum absolute atomic E-state index is 12.1. The van der Waals surface area contributed by atoms with Gasteiger partial charge in [0, 0.05) is 6.04 Å². The Kier molecular flexibility index (Phi) is 3.75. The predicted octanol–water partition coefficient (Wildman–Crippen LogP) is 2.28. The largest absolute Gasteiger partial charge is 0.505 e. The molecular formula is C14H20N2O2. The summed E-state index contributed by atoms with van der Waals surface area (Å²) in [7, 11) is 0. The van der Waals surface area contributed by atoms with Crippen LogP contribution in [0.4, 0.5) is 5.69 Å². The summed E-state index contributed by atoms with van der Waals surface area (Å²) >= 11 is 0. The van der Waals surface area contributed by atoms with E-state index >= 15 is 0 Å². The Bertz CT molecular complexity index is 445. The molecule has 98 valence electrons. The molecule has 0 heterocycles. The van der Waals surface area contributed by atoms with Crippen LogP contribution in [-0.2, 0) is 0 Å². The number of hydrogen-bond acceptors (Lipinski definition) is 3. The Balaban J connectivity index is 2.09. The van der Waals surface area contributed by atoms with Gasteiger partial charge in [-0.25, -0.2) is 0 Å². The van der Waals surface area contributed by atoms with Crippen molar-refractivity contribution in [3.63, 3.8) is 0 Å². The second-order valence-corrected chi connectivity index (χ2v) is 5.09. The maximum atomic E-state index is 12.1. The molecule has 0 aliphatic heterocycles. The van der Waals surface area contributed by atoms with Gasteiger partial charge in [-0.2, -0.15) is 0 Å². The first-order valence-corrected chi connectivity index (χ1v) is 6.48. The topological polar surface area (TPSA) is 75.4 Å². The lowest BCUT2D eigenvalue weighted by Gasteiger charge is -2.29. The third-order valence-electron chi connectivity index (χ3n) is 3.74. The van der Waals surface area contributed by atoms with Gasteiger partial charge in [-0.15, -0.1) is 0 Å². The molecular weight excluding hydrogens is 228 g/mol. The highest BCUT2D eigenvalue weighted by Crippen LogP contribution is 2.27. The summed E-state index contributed by atoms with van der Waals surface area (Å²) in [6.07, 6.45) is 4.54. The van der Waals surface area contributed by atoms with Crippen molar-refractivity contribution in [1.82, 2.24) is 5.32 Å². The van der Waals surface area contributed by atoms with Gasteiger partial charge in [-0.1, -0.05) is 25.8 Å². The van der Waals surface area contributed by atoms with Crippen molar-refractivity contribution >= 4 is 11.6 Å². The number of nitrogen functional groups attached to an aromatic ring is 1. The van der Waals surface area contributed by atoms with Crippen LogP contribution in [0.15, 0.2) is 18.2 Å². The first-order valence-electron chi connectivity index (χ1n) is 6.48. The van der Waals surface area contributed by atoms with Crippen molar-refractivity contribution in [3.8, 4) is 5.75 Å². The normalized spacial score (nSPS) is 23.6. The van der Waals surface area contributed by atoms with E-state index in [2.05, 4.69) is 12.2 Å². The number of anilines is 1. The third-order valence-corrected chi connectivity index (χ3v) is 3.74. The number of para-hydroxylation sites is 1. The summed E-state index contributed by atoms with van der Waals surface area (Å²) in [6, 6.07) is 5.05. The molecule has 4 N–H and O–H groups in total. The predicted molar refractivity (Wildman–Crippen MR) is 71.4 cm³/mol. The molecule has 1 aromatic rings. The Morgan fingerprint density at radius 3 is 2.83 bits per heavy atom. The first-order chi connectivity index (χ1) is 8.59. The van der Waals surface area contributed by atoms with Gasteiger partial charge in [-0.3, -0.25) is 4.79 Å². The average molecular weight is 248 g/mol. The lowest BCUT2D eigenvalue weighted by atomic mass is 9.86. The van der Waals surface area contributed by atoms with Crippen molar-refractivity contribution in [2.24, 2.45) is 5.92 Å². The van der Waals surface area contributed by atoms with Crippen LogP contribution >= 0.6 is 0 Å². The Labute approximate surface area is 107 Å². The molecule has 2 unspecified atom stereocenters. The zero-order valence-electron chi connectivity index (χ0n) is 10.6. The number of aromatic hydroxyl groups is 1. The minimum Gasteiger partial charge on any atom is -0.505 e. The van der Waals surface area contributed by atoms with Crippen molar-refractivity contribution in [2.45, 2.75) is 38.6 Å². The van der Waals surface area contributed by atoms with Gasteiger partial charge < -0.3 is 16.2 Å². The van der Waals surface area contributed by atoms with Crippen LogP contribution in [0.25, 0.3) is 0 Å². The van der Waals surface area contributed by atoms with Crippen LogP contribution in [-0.4, -0.2) is 17.1 Å². The number of phenols is 1. The molecule has 0 radical (unpaired) electrons. The van der Waals surface area contributed by atoms with Gasteiger partial charge in [0.2, 0.25) is 0 Å². The summed E-state index contributed by atoms with van der Waals surface area (Å²) in [5, 5.41) is 12.8. The quantitative estimate of drug-likeness (QED) is 0.555. The van der Waals surface area contributed by atoms with E-state index in [9.17, 15) is 9.90 Å². The number of phenolic OH excluding ortho intramolecular Hbond substituents is 1. The summed E-state index contributed by atoms with van der Waals surface area (Å²) in [5.41, 5.74) is 6.08. The van der Waals surface area contributed by atoms with Gasteiger partial charge in [0.05, 0.1) is 11.3 Å². The van der Waals surface area contributed by atoms with E-state index < -0.39 is 0 Å². The number of nitrogens with one attached hydrogen (secondary N) is 1. The molecule has 1 fully saturated rings. The molecule has 0 spiro atoms. The summed E-state index contributed by atoms with van der Waals surface area (Å²) in [4.78, 5) is 12.1. The Hall–Kier alpha value is -1.71. The molecule has 1 saturated carbocycles. The third kappa shape index (κ3) is 2.58. The van der Waals surface area contributed by atoms with Crippen molar-refractivity contribution in [2.75, 3.05) is 5.73 Å². The second kappa shape index (κ2) is 5.29. The highest BCUT2D eigenvalue weighted by Gasteiger charge is 2.24. The van der Waals surface area contributed by atoms with Gasteiger partial charge in [-0.05, 0) is 30.9 Å². The van der Waals surface area contributed by atoms with E-state index in [4.69, 9.17) is 5.73 Å². The van der Waals surface area contributed by atoms with Crippen molar-refractivity contribution in [3.05, 3.63) is 23.8 Å². The smallest absolute Gasteiger partial charge is 0.255 e. The molecule has 0 aromatic heterocycles. The van der Waals surface area contributed by atoms with E-state index in [0.717, 1.165) is 19.3 Å². The van der Waals surface area contributed by atoms with E-state index in [1.54, 1.807) is 18.2 Å². The fourth-order valence-corrected chi connectivity index (χ4v) is 2.52. The van der Waals surface area contributed by atoms with Gasteiger partial charge in [0.25, 0.3) is 5.91 Å². The first kappa shape index (κ1) is 12.7. The maximum Gasteiger partial charge on any atom is 0.255 e. The van der Waals surface area contributed by atoms with Crippen LogP contribution < -0.4 is 11.1 Å². The molecule has 1 aliphatic carbocycles. The molecule has 1 aromatic carbocycles. The van der Waals surface area contributed by atoms with Crippen molar-refractivity contribution < 1.29 is 9.90 Å². The Morgan fingerprint density at radius 2 is 2.11 bits per heavy atom. The number of carbonyl (C=O) groups excluding carboxylic acids is 1. The molecule has 1 amide bonds. The lowest BCUT2D eigenvalue weighted by molar-refractivity contribution is 0.0907. The number of amides is 1. The van der Waals surface area contributed by atoms with Crippen LogP contribution in [0, 0.1) is 5.92 Å². The molecule has 0 bridgehead atoms. The summed E-state index contributed by atoms with van der Waals surface area (Å²) < 4.78 is 0. The van der Waals surface area contributed by atoms with E-state index in [1.807, 2.05) is 0 Å². The van der Waals surface area contributed by atoms with Crippen molar-refractivity contribution in [1.29, 1.82) is 0 Å². The molecule has 1 aliphatic rings. The lowest BCUT2D eigenvalue weighted by Crippen LogP contribution is -2.41. The van der Waals surface area contributed by atoms with E-state index in [0.29, 0.717) is 5.92 Å². The minimum atomic E-state index is -0.237. The zero-order valence-corrected chi connectivity index (χ0v) is 10.6. The number of nitrogens with two attached hydrogens (primary N) is 1. The number of rotatable bonds is 2. The second-order valence-electron chi connectivity index (χ2n) is 5.09. The van der Waals surface area contributed by atoms with E-state index in [-0.39, 0.29) is 28.9 Å². The van der Waals surface area contributed by atoms with E-state index in [1.165, 1.54) is 6.42 Å². The van der Waals surface area contributed by atoms with Crippen LogP contribution in [0.2, 0.25) is 0 Å². The fourth-order valence-electron chi connectivity index (χ4n) is 2.52. The molecule has 0 saturated heterocycles. The van der Waals surface area contributed by atoms with Crippen LogP contribution in [0.3, 0.4) is 0 Å². The summed E-state index contributed by atoms with van der Waals surface area (Å²) in [5.74, 6) is 0.128. The molecule has 4 nitrogen and oxygen atoms in total.